The third-order valence-corrected chi connectivity index (χ3v) is 14.5. The van der Waals surface area contributed by atoms with Gasteiger partial charge in [0.1, 0.15) is 24.4 Å². The van der Waals surface area contributed by atoms with Crippen LogP contribution in [0, 0.1) is 0 Å². The van der Waals surface area contributed by atoms with Gasteiger partial charge in [-0.3, -0.25) is 4.79 Å². The number of carbonyl (C=O) groups excluding carboxylic acids is 1. The predicted octanol–water partition coefficient (Wildman–Crippen LogP) is 14.2. The standard InChI is InChI=1S/C57H113NO8/c1-3-5-7-9-11-13-15-17-19-20-21-22-23-24-25-26-27-28-29-30-31-32-33-35-37-39-41-43-45-47-53(61)58-50(49-65-57-56(64)55(63)54(62)52(48-59)66-57)51(60)46-44-42-40-38-36-34-18-16-14-12-10-8-6-4-2/h50-52,54-57,59-60,62-64H,3-49H2,1-2H3,(H,58,61)/t50-,51+,52+,54+,55?,56?,57+/m0/s1. The maximum absolute atomic E-state index is 13.1. The van der Waals surface area contributed by atoms with Gasteiger partial charge in [-0.1, -0.05) is 284 Å². The molecule has 66 heavy (non-hydrogen) atoms. The lowest BCUT2D eigenvalue weighted by molar-refractivity contribution is -0.302. The maximum Gasteiger partial charge on any atom is 0.220 e. The van der Waals surface area contributed by atoms with Gasteiger partial charge in [-0.15, -0.1) is 0 Å². The molecule has 1 fully saturated rings. The topological polar surface area (TPSA) is 149 Å². The second kappa shape index (κ2) is 47.8. The number of carbonyl (C=O) groups is 1. The molecule has 1 heterocycles. The third-order valence-electron chi connectivity index (χ3n) is 14.5. The van der Waals surface area contributed by atoms with Crippen LogP contribution in [-0.2, 0) is 14.3 Å². The Morgan fingerprint density at radius 3 is 1.08 bits per heavy atom. The number of nitrogens with one attached hydrogen (secondary N) is 1. The van der Waals surface area contributed by atoms with E-state index in [2.05, 4.69) is 19.2 Å². The minimum absolute atomic E-state index is 0.131. The first-order valence-electron chi connectivity index (χ1n) is 29.2. The molecule has 394 valence electrons. The molecule has 6 N–H and O–H groups in total. The fraction of sp³-hybridized carbons (Fsp3) is 0.982. The van der Waals surface area contributed by atoms with Gasteiger partial charge in [-0.05, 0) is 12.8 Å². The van der Waals surface area contributed by atoms with E-state index in [0.717, 1.165) is 38.5 Å². The molecule has 1 aliphatic heterocycles. The summed E-state index contributed by atoms with van der Waals surface area (Å²) in [7, 11) is 0. The van der Waals surface area contributed by atoms with Gasteiger partial charge >= 0.3 is 0 Å². The molecule has 9 nitrogen and oxygen atoms in total. The molecule has 0 aliphatic carbocycles. The van der Waals surface area contributed by atoms with Crippen molar-refractivity contribution in [2.75, 3.05) is 13.2 Å². The molecule has 1 rings (SSSR count). The van der Waals surface area contributed by atoms with Crippen molar-refractivity contribution in [1.82, 2.24) is 5.32 Å². The average molecular weight is 941 g/mol. The molecule has 0 aromatic carbocycles. The molecule has 0 aromatic rings. The lowest BCUT2D eigenvalue weighted by atomic mass is 9.99. The normalized spacial score (nSPS) is 19.7. The predicted molar refractivity (Wildman–Crippen MR) is 277 cm³/mol. The van der Waals surface area contributed by atoms with E-state index in [1.54, 1.807) is 0 Å². The summed E-state index contributed by atoms with van der Waals surface area (Å²) in [6.07, 6.45) is 50.0. The van der Waals surface area contributed by atoms with Crippen molar-refractivity contribution >= 4 is 5.91 Å². The van der Waals surface area contributed by atoms with E-state index in [-0.39, 0.29) is 12.5 Å². The van der Waals surface area contributed by atoms with Gasteiger partial charge in [0.05, 0.1) is 25.4 Å². The Balaban J connectivity index is 2.11. The number of aliphatic hydroxyl groups excluding tert-OH is 5. The van der Waals surface area contributed by atoms with Gasteiger partial charge in [0.15, 0.2) is 6.29 Å². The van der Waals surface area contributed by atoms with Gasteiger partial charge in [0.2, 0.25) is 5.91 Å². The molecular weight excluding hydrogens is 827 g/mol. The van der Waals surface area contributed by atoms with Crippen molar-refractivity contribution < 1.29 is 39.8 Å². The van der Waals surface area contributed by atoms with Crippen molar-refractivity contribution in [2.24, 2.45) is 0 Å². The first-order chi connectivity index (χ1) is 32.3. The lowest BCUT2D eigenvalue weighted by Gasteiger charge is -2.40. The zero-order chi connectivity index (χ0) is 48.0. The molecule has 1 aliphatic rings. The molecule has 7 atom stereocenters. The molecule has 0 spiro atoms. The molecule has 0 radical (unpaired) electrons. The number of hydrogen-bond donors (Lipinski definition) is 6. The molecule has 0 aromatic heterocycles. The highest BCUT2D eigenvalue weighted by Gasteiger charge is 2.44. The number of aliphatic hydroxyl groups is 5. The smallest absolute Gasteiger partial charge is 0.220 e. The second-order valence-corrected chi connectivity index (χ2v) is 20.8. The fourth-order valence-electron chi connectivity index (χ4n) is 9.81. The van der Waals surface area contributed by atoms with Crippen molar-refractivity contribution in [1.29, 1.82) is 0 Å². The van der Waals surface area contributed by atoms with E-state index in [0.29, 0.717) is 12.8 Å². The van der Waals surface area contributed by atoms with E-state index < -0.39 is 49.5 Å². The van der Waals surface area contributed by atoms with Crippen LogP contribution in [0.15, 0.2) is 0 Å². The van der Waals surface area contributed by atoms with Gasteiger partial charge in [0, 0.05) is 6.42 Å². The fourth-order valence-corrected chi connectivity index (χ4v) is 9.81. The van der Waals surface area contributed by atoms with Crippen molar-refractivity contribution in [3.63, 3.8) is 0 Å². The van der Waals surface area contributed by atoms with Crippen molar-refractivity contribution in [3.8, 4) is 0 Å². The number of rotatable bonds is 51. The van der Waals surface area contributed by atoms with E-state index in [1.165, 1.54) is 238 Å². The van der Waals surface area contributed by atoms with Crippen molar-refractivity contribution in [3.05, 3.63) is 0 Å². The largest absolute Gasteiger partial charge is 0.394 e. The van der Waals surface area contributed by atoms with Crippen LogP contribution < -0.4 is 5.32 Å². The lowest BCUT2D eigenvalue weighted by Crippen LogP contribution is -2.60. The first-order valence-corrected chi connectivity index (χ1v) is 29.2. The quantitative estimate of drug-likeness (QED) is 0.0330. The summed E-state index contributed by atoms with van der Waals surface area (Å²) in [5.74, 6) is -0.137. The van der Waals surface area contributed by atoms with Gasteiger partial charge in [-0.25, -0.2) is 0 Å². The molecule has 1 saturated heterocycles. The van der Waals surface area contributed by atoms with Gasteiger partial charge in [0.25, 0.3) is 0 Å². The van der Waals surface area contributed by atoms with Gasteiger partial charge < -0.3 is 40.3 Å². The zero-order valence-electron chi connectivity index (χ0n) is 43.7. The summed E-state index contributed by atoms with van der Waals surface area (Å²) >= 11 is 0. The number of ether oxygens (including phenoxy) is 2. The molecule has 0 bridgehead atoms. The van der Waals surface area contributed by atoms with E-state index in [9.17, 15) is 30.3 Å². The van der Waals surface area contributed by atoms with Crippen LogP contribution in [0.2, 0.25) is 0 Å². The monoisotopic (exact) mass is 940 g/mol. The molecule has 1 amide bonds. The zero-order valence-corrected chi connectivity index (χ0v) is 43.7. The Morgan fingerprint density at radius 2 is 0.758 bits per heavy atom. The first kappa shape index (κ1) is 63.2. The summed E-state index contributed by atoms with van der Waals surface area (Å²) in [5.41, 5.74) is 0. The Morgan fingerprint density at radius 1 is 0.455 bits per heavy atom. The second-order valence-electron chi connectivity index (χ2n) is 20.8. The number of amides is 1. The highest BCUT2D eigenvalue weighted by Crippen LogP contribution is 2.23. The highest BCUT2D eigenvalue weighted by atomic mass is 16.7. The van der Waals surface area contributed by atoms with E-state index in [4.69, 9.17) is 9.47 Å². The van der Waals surface area contributed by atoms with Crippen molar-refractivity contribution in [2.45, 2.75) is 346 Å². The Labute approximate surface area is 408 Å². The van der Waals surface area contributed by atoms with Crippen LogP contribution in [-0.4, -0.2) is 87.5 Å². The number of hydrogen-bond acceptors (Lipinski definition) is 8. The van der Waals surface area contributed by atoms with Crippen LogP contribution in [0.3, 0.4) is 0 Å². The molecule has 9 heteroatoms. The summed E-state index contributed by atoms with van der Waals surface area (Å²) in [4.78, 5) is 13.1. The summed E-state index contributed by atoms with van der Waals surface area (Å²) < 4.78 is 11.3. The Bertz CT molecular complexity index is 1000. The minimum Gasteiger partial charge on any atom is -0.394 e. The summed E-state index contributed by atoms with van der Waals surface area (Å²) in [6.45, 7) is 3.88. The maximum atomic E-state index is 13.1. The van der Waals surface area contributed by atoms with Crippen LogP contribution in [0.1, 0.15) is 303 Å². The highest BCUT2D eigenvalue weighted by molar-refractivity contribution is 5.76. The Kier molecular flexibility index (Phi) is 45.8. The van der Waals surface area contributed by atoms with Crippen LogP contribution >= 0.6 is 0 Å². The molecule has 2 unspecified atom stereocenters. The van der Waals surface area contributed by atoms with Crippen LogP contribution in [0.5, 0.6) is 0 Å². The third kappa shape index (κ3) is 37.1. The average Bonchev–Trinajstić information content (AvgIpc) is 3.32. The van der Waals surface area contributed by atoms with E-state index in [1.807, 2.05) is 0 Å². The molecular formula is C57H113NO8. The summed E-state index contributed by atoms with van der Waals surface area (Å²) in [5, 5.41) is 54.6. The summed E-state index contributed by atoms with van der Waals surface area (Å²) in [6, 6.07) is -0.712. The Hall–Kier alpha value is -0.810. The van der Waals surface area contributed by atoms with Crippen LogP contribution in [0.25, 0.3) is 0 Å². The SMILES string of the molecule is CCCCCCCCCCCCCCCCCCCCCCCCCCCCCCCC(=O)N[C@@H](CO[C@@H]1O[C@H](CO)[C@@H](O)C(O)C1O)[C@H](O)CCCCCCCCCCCCCCCC. The molecule has 0 saturated carbocycles. The van der Waals surface area contributed by atoms with E-state index >= 15 is 0 Å². The van der Waals surface area contributed by atoms with Crippen LogP contribution in [0.4, 0.5) is 0 Å². The van der Waals surface area contributed by atoms with Gasteiger partial charge in [-0.2, -0.15) is 0 Å². The number of unbranched alkanes of at least 4 members (excludes halogenated alkanes) is 41. The minimum atomic E-state index is -1.55.